The van der Waals surface area contributed by atoms with E-state index in [1.165, 1.54) is 0 Å². The van der Waals surface area contributed by atoms with Crippen molar-refractivity contribution in [2.24, 2.45) is 0 Å². The number of rotatable bonds is 1. The molecule has 0 aliphatic heterocycles. The minimum atomic E-state index is -4.73. The van der Waals surface area contributed by atoms with E-state index in [2.05, 4.69) is 10.2 Å². The second kappa shape index (κ2) is 3.19. The molecule has 84 valence electrons. The van der Waals surface area contributed by atoms with Crippen molar-refractivity contribution in [3.63, 3.8) is 0 Å². The molecule has 0 atom stereocenters. The zero-order valence-corrected chi connectivity index (χ0v) is 7.56. The van der Waals surface area contributed by atoms with Gasteiger partial charge < -0.3 is 5.11 Å². The van der Waals surface area contributed by atoms with Gasteiger partial charge in [-0.25, -0.2) is 4.79 Å². The lowest BCUT2D eigenvalue weighted by molar-refractivity contribution is -0.138. The fraction of sp³-hybridized carbons (Fsp3) is 0.125. The van der Waals surface area contributed by atoms with Gasteiger partial charge in [-0.3, -0.25) is 4.40 Å². The van der Waals surface area contributed by atoms with E-state index < -0.39 is 23.4 Å². The minimum absolute atomic E-state index is 0.0467. The lowest BCUT2D eigenvalue weighted by atomic mass is 10.2. The van der Waals surface area contributed by atoms with Gasteiger partial charge in [-0.15, -0.1) is 10.2 Å². The first-order chi connectivity index (χ1) is 7.41. The van der Waals surface area contributed by atoms with Crippen LogP contribution in [0.3, 0.4) is 0 Å². The first-order valence-corrected chi connectivity index (χ1v) is 4.04. The number of carboxylic acid groups (broad SMARTS) is 1. The molecule has 0 spiro atoms. The van der Waals surface area contributed by atoms with Crippen molar-refractivity contribution in [3.05, 3.63) is 29.7 Å². The molecule has 0 unspecified atom stereocenters. The van der Waals surface area contributed by atoms with E-state index in [0.29, 0.717) is 6.07 Å². The van der Waals surface area contributed by atoms with Gasteiger partial charge in [0.05, 0.1) is 5.56 Å². The molecule has 2 heterocycles. The van der Waals surface area contributed by atoms with Crippen LogP contribution in [0.5, 0.6) is 0 Å². The average molecular weight is 231 g/mol. The number of fused-ring (bicyclic) bond motifs is 1. The zero-order chi connectivity index (χ0) is 11.9. The summed E-state index contributed by atoms with van der Waals surface area (Å²) in [6, 6.07) is 1.73. The van der Waals surface area contributed by atoms with Crippen LogP contribution in [-0.4, -0.2) is 25.7 Å². The van der Waals surface area contributed by atoms with Crippen LogP contribution < -0.4 is 0 Å². The molecule has 2 aromatic heterocycles. The fourth-order valence-corrected chi connectivity index (χ4v) is 1.34. The summed E-state index contributed by atoms with van der Waals surface area (Å²) in [5, 5.41) is 15.6. The van der Waals surface area contributed by atoms with Crippen molar-refractivity contribution in [1.29, 1.82) is 0 Å². The second-order valence-corrected chi connectivity index (χ2v) is 2.96. The van der Waals surface area contributed by atoms with Gasteiger partial charge in [0.2, 0.25) is 0 Å². The highest BCUT2D eigenvalue weighted by molar-refractivity contribution is 5.88. The number of halogens is 3. The molecule has 5 nitrogen and oxygen atoms in total. The van der Waals surface area contributed by atoms with Gasteiger partial charge in [0.25, 0.3) is 0 Å². The molecule has 0 aromatic carbocycles. The van der Waals surface area contributed by atoms with Crippen molar-refractivity contribution < 1.29 is 23.1 Å². The Labute approximate surface area is 86.1 Å². The summed E-state index contributed by atoms with van der Waals surface area (Å²) in [5.74, 6) is -1.68. The minimum Gasteiger partial charge on any atom is -0.477 e. The Morgan fingerprint density at radius 1 is 1.38 bits per heavy atom. The van der Waals surface area contributed by atoms with Crippen molar-refractivity contribution in [1.82, 2.24) is 14.6 Å². The van der Waals surface area contributed by atoms with Crippen LogP contribution in [0.2, 0.25) is 0 Å². The third-order valence-corrected chi connectivity index (χ3v) is 1.98. The highest BCUT2D eigenvalue weighted by atomic mass is 19.4. The molecule has 0 radical (unpaired) electrons. The summed E-state index contributed by atoms with van der Waals surface area (Å²) in [6.45, 7) is 0. The van der Waals surface area contributed by atoms with Gasteiger partial charge in [0, 0.05) is 0 Å². The number of hydrogen-bond donors (Lipinski definition) is 1. The average Bonchev–Trinajstić information content (AvgIpc) is 2.61. The van der Waals surface area contributed by atoms with Crippen molar-refractivity contribution >= 4 is 11.6 Å². The van der Waals surface area contributed by atoms with E-state index in [1.807, 2.05) is 0 Å². The predicted molar refractivity (Wildman–Crippen MR) is 44.9 cm³/mol. The lowest BCUT2D eigenvalue weighted by Crippen LogP contribution is -2.16. The number of alkyl halides is 3. The van der Waals surface area contributed by atoms with Gasteiger partial charge in [0.1, 0.15) is 12.0 Å². The second-order valence-electron chi connectivity index (χ2n) is 2.96. The standard InChI is InChI=1S/C8H4F3N3O2/c9-8(10,11)4-1-2-5-13-12-3-14(5)6(4)7(15)16/h1-3H,(H,15,16). The van der Waals surface area contributed by atoms with E-state index in [-0.39, 0.29) is 5.65 Å². The summed E-state index contributed by atoms with van der Waals surface area (Å²) in [5.41, 5.74) is -2.08. The van der Waals surface area contributed by atoms with Crippen molar-refractivity contribution in [2.75, 3.05) is 0 Å². The molecule has 1 N–H and O–H groups in total. The fourth-order valence-electron chi connectivity index (χ4n) is 1.34. The van der Waals surface area contributed by atoms with Crippen LogP contribution in [0, 0.1) is 0 Å². The molecule has 0 amide bonds. The maximum atomic E-state index is 12.5. The van der Waals surface area contributed by atoms with Gasteiger partial charge in [-0.2, -0.15) is 13.2 Å². The maximum Gasteiger partial charge on any atom is 0.418 e. The lowest BCUT2D eigenvalue weighted by Gasteiger charge is -2.10. The smallest absolute Gasteiger partial charge is 0.418 e. The molecular weight excluding hydrogens is 227 g/mol. The zero-order valence-electron chi connectivity index (χ0n) is 7.56. The van der Waals surface area contributed by atoms with Crippen molar-refractivity contribution in [3.8, 4) is 0 Å². The molecule has 0 aliphatic rings. The van der Waals surface area contributed by atoms with E-state index in [1.54, 1.807) is 0 Å². The van der Waals surface area contributed by atoms with Crippen LogP contribution >= 0.6 is 0 Å². The monoisotopic (exact) mass is 231 g/mol. The SMILES string of the molecule is O=C(O)c1c(C(F)(F)F)ccc2nncn12. The van der Waals surface area contributed by atoms with E-state index in [4.69, 9.17) is 5.11 Å². The summed E-state index contributed by atoms with van der Waals surface area (Å²) < 4.78 is 38.4. The number of carboxylic acids is 1. The highest BCUT2D eigenvalue weighted by Gasteiger charge is 2.36. The Morgan fingerprint density at radius 3 is 2.62 bits per heavy atom. The van der Waals surface area contributed by atoms with Crippen LogP contribution in [0.25, 0.3) is 5.65 Å². The molecule has 0 saturated heterocycles. The van der Waals surface area contributed by atoms with Crippen LogP contribution in [0.1, 0.15) is 16.1 Å². The third-order valence-electron chi connectivity index (χ3n) is 1.98. The number of carbonyl (C=O) groups is 1. The highest BCUT2D eigenvalue weighted by Crippen LogP contribution is 2.32. The summed E-state index contributed by atoms with van der Waals surface area (Å²) >= 11 is 0. The number of nitrogens with zero attached hydrogens (tertiary/aromatic N) is 3. The van der Waals surface area contributed by atoms with Crippen LogP contribution in [0.15, 0.2) is 18.5 Å². The largest absolute Gasteiger partial charge is 0.477 e. The van der Waals surface area contributed by atoms with Gasteiger partial charge in [-0.1, -0.05) is 0 Å². The maximum absolute atomic E-state index is 12.5. The molecular formula is C8H4F3N3O2. The molecule has 0 fully saturated rings. The van der Waals surface area contributed by atoms with E-state index in [0.717, 1.165) is 16.8 Å². The van der Waals surface area contributed by atoms with Gasteiger partial charge in [-0.05, 0) is 12.1 Å². The van der Waals surface area contributed by atoms with E-state index in [9.17, 15) is 18.0 Å². The Bertz CT molecular complexity index is 561. The van der Waals surface area contributed by atoms with Crippen LogP contribution in [0.4, 0.5) is 13.2 Å². The molecule has 8 heteroatoms. The molecule has 0 aliphatic carbocycles. The normalized spacial score (nSPS) is 11.9. The molecule has 0 bridgehead atoms. The molecule has 16 heavy (non-hydrogen) atoms. The van der Waals surface area contributed by atoms with Crippen molar-refractivity contribution in [2.45, 2.75) is 6.18 Å². The Hall–Kier alpha value is -2.12. The number of hydrogen-bond acceptors (Lipinski definition) is 3. The number of aromatic nitrogens is 3. The predicted octanol–water partition coefficient (Wildman–Crippen LogP) is 1.45. The first kappa shape index (κ1) is 10.4. The Morgan fingerprint density at radius 2 is 2.06 bits per heavy atom. The number of aromatic carboxylic acids is 1. The Kier molecular flexibility index (Phi) is 2.07. The van der Waals surface area contributed by atoms with Crippen LogP contribution in [-0.2, 0) is 6.18 Å². The molecule has 2 aromatic rings. The summed E-state index contributed by atoms with van der Waals surface area (Å²) in [7, 11) is 0. The molecule has 0 saturated carbocycles. The topological polar surface area (TPSA) is 67.5 Å². The van der Waals surface area contributed by atoms with E-state index >= 15 is 0 Å². The quantitative estimate of drug-likeness (QED) is 0.806. The van der Waals surface area contributed by atoms with Gasteiger partial charge in [0.15, 0.2) is 5.65 Å². The number of pyridine rings is 1. The summed E-state index contributed by atoms with van der Waals surface area (Å²) in [6.07, 6.45) is -3.81. The summed E-state index contributed by atoms with van der Waals surface area (Å²) in [4.78, 5) is 10.8. The molecule has 2 rings (SSSR count). The Balaban J connectivity index is 2.84. The van der Waals surface area contributed by atoms with Gasteiger partial charge >= 0.3 is 12.1 Å². The third kappa shape index (κ3) is 1.47. The first-order valence-electron chi connectivity index (χ1n) is 4.04.